The van der Waals surface area contributed by atoms with Gasteiger partial charge in [0, 0.05) is 18.4 Å². The van der Waals surface area contributed by atoms with Gasteiger partial charge in [0.15, 0.2) is 0 Å². The number of hydrogen-bond acceptors (Lipinski definition) is 5. The molecule has 0 bridgehead atoms. The van der Waals surface area contributed by atoms with Gasteiger partial charge in [0.05, 0.1) is 19.1 Å². The molecule has 6 nitrogen and oxygen atoms in total. The molecular weight excluding hydrogens is 330 g/mol. The Morgan fingerprint density at radius 1 is 1.31 bits per heavy atom. The fourth-order valence-corrected chi connectivity index (χ4v) is 3.66. The normalized spacial score (nSPS) is 17.0. The highest BCUT2D eigenvalue weighted by Gasteiger charge is 2.42. The van der Waals surface area contributed by atoms with Crippen molar-refractivity contribution in [2.75, 3.05) is 26.8 Å². The Hall–Kier alpha value is -2.34. The number of rotatable bonds is 7. The van der Waals surface area contributed by atoms with Crippen LogP contribution in [0, 0.1) is 5.41 Å². The number of ether oxygens (including phenoxy) is 2. The zero-order valence-corrected chi connectivity index (χ0v) is 15.5. The molecule has 2 heterocycles. The molecule has 1 fully saturated rings. The number of carbonyl (C=O) groups excluding carboxylic acids is 1. The summed E-state index contributed by atoms with van der Waals surface area (Å²) in [6.07, 6.45) is 4.03. The van der Waals surface area contributed by atoms with Crippen molar-refractivity contribution in [1.82, 2.24) is 15.1 Å². The van der Waals surface area contributed by atoms with E-state index in [1.165, 1.54) is 0 Å². The van der Waals surface area contributed by atoms with Crippen LogP contribution in [0.4, 0.5) is 0 Å². The molecule has 1 aromatic carbocycles. The van der Waals surface area contributed by atoms with Crippen molar-refractivity contribution < 1.29 is 14.3 Å². The summed E-state index contributed by atoms with van der Waals surface area (Å²) in [6, 6.07) is 9.95. The zero-order chi connectivity index (χ0) is 18.4. The summed E-state index contributed by atoms with van der Waals surface area (Å²) in [7, 11) is 1.66. The monoisotopic (exact) mass is 357 g/mol. The van der Waals surface area contributed by atoms with Crippen molar-refractivity contribution >= 4 is 5.97 Å². The van der Waals surface area contributed by atoms with Gasteiger partial charge in [-0.1, -0.05) is 12.1 Å². The predicted molar refractivity (Wildman–Crippen MR) is 98.9 cm³/mol. The number of H-pyrrole nitrogens is 1. The molecule has 0 amide bonds. The average Bonchev–Trinajstić information content (AvgIpc) is 3.17. The van der Waals surface area contributed by atoms with Gasteiger partial charge in [0.2, 0.25) is 0 Å². The van der Waals surface area contributed by atoms with E-state index < -0.39 is 5.41 Å². The SMILES string of the molecule is CCOC(=O)C1(Cc2cccc(OC)c2)CCN(Cc2ccn[nH]2)CC1. The molecule has 0 spiro atoms. The van der Waals surface area contributed by atoms with Gasteiger partial charge >= 0.3 is 5.97 Å². The number of methoxy groups -OCH3 is 1. The molecule has 1 saturated heterocycles. The zero-order valence-electron chi connectivity index (χ0n) is 15.5. The van der Waals surface area contributed by atoms with Crippen molar-refractivity contribution in [3.8, 4) is 5.75 Å². The molecule has 26 heavy (non-hydrogen) atoms. The van der Waals surface area contributed by atoms with E-state index in [1.807, 2.05) is 31.2 Å². The molecule has 1 N–H and O–H groups in total. The van der Waals surface area contributed by atoms with Crippen LogP contribution in [0.5, 0.6) is 5.75 Å². The van der Waals surface area contributed by atoms with Crippen LogP contribution >= 0.6 is 0 Å². The van der Waals surface area contributed by atoms with E-state index in [4.69, 9.17) is 9.47 Å². The lowest BCUT2D eigenvalue weighted by atomic mass is 9.73. The molecule has 0 atom stereocenters. The lowest BCUT2D eigenvalue weighted by Gasteiger charge is -2.40. The van der Waals surface area contributed by atoms with Crippen LogP contribution in [0.3, 0.4) is 0 Å². The van der Waals surface area contributed by atoms with E-state index in [2.05, 4.69) is 21.2 Å². The summed E-state index contributed by atoms with van der Waals surface area (Å²) in [5.74, 6) is 0.738. The van der Waals surface area contributed by atoms with Gasteiger partial charge in [-0.3, -0.25) is 14.8 Å². The predicted octanol–water partition coefficient (Wildman–Crippen LogP) is 2.81. The molecule has 1 aliphatic rings. The molecule has 140 valence electrons. The maximum atomic E-state index is 12.8. The molecule has 0 radical (unpaired) electrons. The van der Waals surface area contributed by atoms with Gasteiger partial charge < -0.3 is 9.47 Å². The molecule has 3 rings (SSSR count). The first kappa shape index (κ1) is 18.5. The third-order valence-corrected chi connectivity index (χ3v) is 5.15. The first-order valence-corrected chi connectivity index (χ1v) is 9.16. The summed E-state index contributed by atoms with van der Waals surface area (Å²) in [5, 5.41) is 7.01. The average molecular weight is 357 g/mol. The Kier molecular flexibility index (Phi) is 5.93. The second-order valence-corrected chi connectivity index (χ2v) is 6.89. The number of aromatic amines is 1. The molecule has 0 unspecified atom stereocenters. The molecule has 0 saturated carbocycles. The fourth-order valence-electron chi connectivity index (χ4n) is 3.66. The minimum absolute atomic E-state index is 0.0796. The lowest BCUT2D eigenvalue weighted by molar-refractivity contribution is -0.158. The van der Waals surface area contributed by atoms with E-state index in [1.54, 1.807) is 13.3 Å². The minimum atomic E-state index is -0.465. The van der Waals surface area contributed by atoms with Gasteiger partial charge in [0.1, 0.15) is 5.75 Å². The Labute approximate surface area is 154 Å². The minimum Gasteiger partial charge on any atom is -0.497 e. The number of aromatic nitrogens is 2. The Bertz CT molecular complexity index is 707. The van der Waals surface area contributed by atoms with Crippen molar-refractivity contribution in [2.24, 2.45) is 5.41 Å². The van der Waals surface area contributed by atoms with Crippen molar-refractivity contribution in [2.45, 2.75) is 32.7 Å². The topological polar surface area (TPSA) is 67.5 Å². The van der Waals surface area contributed by atoms with Crippen LogP contribution in [0.2, 0.25) is 0 Å². The molecule has 1 aromatic heterocycles. The third-order valence-electron chi connectivity index (χ3n) is 5.15. The van der Waals surface area contributed by atoms with E-state index in [-0.39, 0.29) is 5.97 Å². The van der Waals surface area contributed by atoms with Crippen LogP contribution in [-0.2, 0) is 22.5 Å². The van der Waals surface area contributed by atoms with Gasteiger partial charge in [-0.25, -0.2) is 0 Å². The van der Waals surface area contributed by atoms with E-state index in [9.17, 15) is 4.79 Å². The highest BCUT2D eigenvalue weighted by atomic mass is 16.5. The fraction of sp³-hybridized carbons (Fsp3) is 0.500. The summed E-state index contributed by atoms with van der Waals surface area (Å²) < 4.78 is 10.8. The Morgan fingerprint density at radius 3 is 2.77 bits per heavy atom. The van der Waals surface area contributed by atoms with Crippen LogP contribution in [0.15, 0.2) is 36.5 Å². The third kappa shape index (κ3) is 4.25. The highest BCUT2D eigenvalue weighted by molar-refractivity contribution is 5.77. The Morgan fingerprint density at radius 2 is 2.12 bits per heavy atom. The van der Waals surface area contributed by atoms with Crippen LogP contribution in [0.25, 0.3) is 0 Å². The second-order valence-electron chi connectivity index (χ2n) is 6.89. The number of esters is 1. The van der Waals surface area contributed by atoms with Gasteiger partial charge in [-0.15, -0.1) is 0 Å². The molecule has 1 aliphatic heterocycles. The lowest BCUT2D eigenvalue weighted by Crippen LogP contribution is -2.46. The van der Waals surface area contributed by atoms with Crippen LogP contribution in [-0.4, -0.2) is 47.9 Å². The quantitative estimate of drug-likeness (QED) is 0.772. The number of carbonyl (C=O) groups is 1. The first-order chi connectivity index (χ1) is 12.6. The molecular formula is C20H27N3O3. The van der Waals surface area contributed by atoms with Crippen molar-refractivity contribution in [3.05, 3.63) is 47.8 Å². The number of nitrogens with one attached hydrogen (secondary N) is 1. The number of hydrogen-bond donors (Lipinski definition) is 1. The number of benzene rings is 1. The maximum absolute atomic E-state index is 12.8. The summed E-state index contributed by atoms with van der Waals surface area (Å²) >= 11 is 0. The first-order valence-electron chi connectivity index (χ1n) is 9.16. The van der Waals surface area contributed by atoms with Crippen LogP contribution < -0.4 is 4.74 Å². The van der Waals surface area contributed by atoms with Crippen molar-refractivity contribution in [3.63, 3.8) is 0 Å². The maximum Gasteiger partial charge on any atom is 0.312 e. The summed E-state index contributed by atoms with van der Waals surface area (Å²) in [5.41, 5.74) is 1.74. The van der Waals surface area contributed by atoms with E-state index in [0.717, 1.165) is 49.5 Å². The molecule has 0 aliphatic carbocycles. The van der Waals surface area contributed by atoms with E-state index >= 15 is 0 Å². The van der Waals surface area contributed by atoms with Gasteiger partial charge in [0.25, 0.3) is 0 Å². The second kappa shape index (κ2) is 8.36. The van der Waals surface area contributed by atoms with Gasteiger partial charge in [-0.05, 0) is 63.0 Å². The molecule has 2 aromatic rings. The Balaban J connectivity index is 1.72. The summed E-state index contributed by atoms with van der Waals surface area (Å²) in [6.45, 7) is 4.84. The number of likely N-dealkylation sites (tertiary alicyclic amines) is 1. The number of piperidine rings is 1. The smallest absolute Gasteiger partial charge is 0.312 e. The molecule has 6 heteroatoms. The van der Waals surface area contributed by atoms with Crippen LogP contribution in [0.1, 0.15) is 31.0 Å². The van der Waals surface area contributed by atoms with E-state index in [0.29, 0.717) is 13.0 Å². The van der Waals surface area contributed by atoms with Crippen molar-refractivity contribution in [1.29, 1.82) is 0 Å². The van der Waals surface area contributed by atoms with Gasteiger partial charge in [-0.2, -0.15) is 5.10 Å². The summed E-state index contributed by atoms with van der Waals surface area (Å²) in [4.78, 5) is 15.2. The number of nitrogens with zero attached hydrogens (tertiary/aromatic N) is 2. The standard InChI is InChI=1S/C20H27N3O3/c1-3-26-19(24)20(14-16-5-4-6-18(13-16)25-2)8-11-23(12-9-20)15-17-7-10-21-22-17/h4-7,10,13H,3,8-9,11-12,14-15H2,1-2H3,(H,21,22). The highest BCUT2D eigenvalue weighted by Crippen LogP contribution is 2.37. The largest absolute Gasteiger partial charge is 0.497 e.